The van der Waals surface area contributed by atoms with Crippen molar-refractivity contribution in [1.29, 1.82) is 5.41 Å². The van der Waals surface area contributed by atoms with Crippen molar-refractivity contribution in [3.63, 3.8) is 0 Å². The Morgan fingerprint density at radius 3 is 2.60 bits per heavy atom. The van der Waals surface area contributed by atoms with E-state index in [1.54, 1.807) is 6.08 Å². The molecule has 1 heteroatoms. The predicted octanol–water partition coefficient (Wildman–Crippen LogP) is 2.94. The summed E-state index contributed by atoms with van der Waals surface area (Å²) in [5.74, 6) is 0. The third-order valence-corrected chi connectivity index (χ3v) is 1.32. The third kappa shape index (κ3) is 4.07. The summed E-state index contributed by atoms with van der Waals surface area (Å²) in [5, 5.41) is 6.76. The van der Waals surface area contributed by atoms with Crippen molar-refractivity contribution in [3.05, 3.63) is 23.8 Å². The minimum Gasteiger partial charge on any atom is -0.309 e. The van der Waals surface area contributed by atoms with Crippen molar-refractivity contribution in [1.82, 2.24) is 0 Å². The van der Waals surface area contributed by atoms with Crippen molar-refractivity contribution in [3.8, 4) is 0 Å². The van der Waals surface area contributed by atoms with E-state index in [0.717, 1.165) is 6.42 Å². The van der Waals surface area contributed by atoms with Crippen LogP contribution in [0.15, 0.2) is 23.8 Å². The second-order valence-electron chi connectivity index (χ2n) is 2.14. The molecule has 0 aromatic carbocycles. The molecule has 56 valence electrons. The van der Waals surface area contributed by atoms with Crippen LogP contribution in [0.5, 0.6) is 0 Å². The van der Waals surface area contributed by atoms with Gasteiger partial charge in [0, 0.05) is 6.21 Å². The topological polar surface area (TPSA) is 23.9 Å². The van der Waals surface area contributed by atoms with Gasteiger partial charge in [-0.1, -0.05) is 31.1 Å². The first kappa shape index (κ1) is 9.15. The van der Waals surface area contributed by atoms with Gasteiger partial charge in [-0.15, -0.1) is 0 Å². The molecular formula is C9H15N. The highest BCUT2D eigenvalue weighted by molar-refractivity contribution is 5.68. The normalized spacial score (nSPS) is 12.4. The van der Waals surface area contributed by atoms with Crippen LogP contribution in [0.2, 0.25) is 0 Å². The van der Waals surface area contributed by atoms with E-state index in [9.17, 15) is 0 Å². The molecule has 0 heterocycles. The van der Waals surface area contributed by atoms with Gasteiger partial charge in [-0.05, 0) is 19.4 Å². The molecule has 0 aliphatic carbocycles. The first-order chi connectivity index (χ1) is 4.85. The van der Waals surface area contributed by atoms with E-state index in [2.05, 4.69) is 13.0 Å². The van der Waals surface area contributed by atoms with Crippen LogP contribution in [-0.2, 0) is 0 Å². The maximum atomic E-state index is 6.76. The second kappa shape index (κ2) is 6.27. The number of rotatable bonds is 4. The summed E-state index contributed by atoms with van der Waals surface area (Å²) in [6.07, 6.45) is 9.41. The Hall–Kier alpha value is -0.850. The number of allylic oxidation sites excluding steroid dienone is 4. The molecule has 0 amide bonds. The highest BCUT2D eigenvalue weighted by Gasteiger charge is 1.85. The molecule has 0 aromatic heterocycles. The van der Waals surface area contributed by atoms with Crippen LogP contribution in [0.25, 0.3) is 0 Å². The molecule has 10 heavy (non-hydrogen) atoms. The molecule has 0 aliphatic rings. The van der Waals surface area contributed by atoms with E-state index in [1.807, 2.05) is 13.0 Å². The molecule has 0 atom stereocenters. The zero-order valence-corrected chi connectivity index (χ0v) is 6.72. The van der Waals surface area contributed by atoms with Gasteiger partial charge >= 0.3 is 0 Å². The zero-order valence-electron chi connectivity index (χ0n) is 6.72. The third-order valence-electron chi connectivity index (χ3n) is 1.32. The van der Waals surface area contributed by atoms with E-state index in [4.69, 9.17) is 5.41 Å². The molecule has 0 saturated heterocycles. The maximum Gasteiger partial charge on any atom is 0.0177 e. The Kier molecular flexibility index (Phi) is 5.74. The highest BCUT2D eigenvalue weighted by atomic mass is 14.3. The first-order valence-corrected chi connectivity index (χ1v) is 3.67. The lowest BCUT2D eigenvalue weighted by atomic mass is 10.1. The molecule has 0 saturated carbocycles. The Balaban J connectivity index is 3.84. The lowest BCUT2D eigenvalue weighted by molar-refractivity contribution is 0.924. The lowest BCUT2D eigenvalue weighted by Crippen LogP contribution is -1.75. The van der Waals surface area contributed by atoms with E-state index in [0.29, 0.717) is 0 Å². The smallest absolute Gasteiger partial charge is 0.0177 e. The highest BCUT2D eigenvalue weighted by Crippen LogP contribution is 2.04. The largest absolute Gasteiger partial charge is 0.309 e. The molecule has 0 unspecified atom stereocenters. The summed E-state index contributed by atoms with van der Waals surface area (Å²) < 4.78 is 0. The average Bonchev–Trinajstić information content (AvgIpc) is 1.98. The van der Waals surface area contributed by atoms with E-state index >= 15 is 0 Å². The monoisotopic (exact) mass is 137 g/mol. The van der Waals surface area contributed by atoms with E-state index in [1.165, 1.54) is 18.2 Å². The van der Waals surface area contributed by atoms with Gasteiger partial charge in [0.05, 0.1) is 0 Å². The van der Waals surface area contributed by atoms with Gasteiger partial charge in [0.1, 0.15) is 0 Å². The number of nitrogens with one attached hydrogen (secondary N) is 1. The molecule has 0 fully saturated rings. The fraction of sp³-hybridized carbons (Fsp3) is 0.444. The number of hydrogen-bond acceptors (Lipinski definition) is 1. The Morgan fingerprint density at radius 1 is 1.50 bits per heavy atom. The van der Waals surface area contributed by atoms with Gasteiger partial charge in [0.2, 0.25) is 0 Å². The fourth-order valence-electron chi connectivity index (χ4n) is 0.784. The predicted molar refractivity (Wildman–Crippen MR) is 46.6 cm³/mol. The molecule has 0 aliphatic heterocycles. The summed E-state index contributed by atoms with van der Waals surface area (Å²) in [7, 11) is 0. The maximum absolute atomic E-state index is 6.76. The molecule has 1 nitrogen and oxygen atoms in total. The summed E-state index contributed by atoms with van der Waals surface area (Å²) in [6.45, 7) is 4.18. The summed E-state index contributed by atoms with van der Waals surface area (Å²) in [6, 6.07) is 0. The fourth-order valence-corrected chi connectivity index (χ4v) is 0.784. The van der Waals surface area contributed by atoms with Crippen LogP contribution < -0.4 is 0 Å². The Morgan fingerprint density at radius 2 is 2.20 bits per heavy atom. The van der Waals surface area contributed by atoms with Crippen LogP contribution in [0.1, 0.15) is 26.7 Å². The zero-order chi connectivity index (χ0) is 7.82. The average molecular weight is 137 g/mol. The van der Waals surface area contributed by atoms with Crippen molar-refractivity contribution < 1.29 is 0 Å². The molecule has 0 bridgehead atoms. The lowest BCUT2D eigenvalue weighted by Gasteiger charge is -1.94. The minimum atomic E-state index is 1.11. The molecule has 0 aromatic rings. The van der Waals surface area contributed by atoms with Gasteiger partial charge in [-0.3, -0.25) is 0 Å². The van der Waals surface area contributed by atoms with E-state index < -0.39 is 0 Å². The summed E-state index contributed by atoms with van der Waals surface area (Å²) in [4.78, 5) is 0. The van der Waals surface area contributed by atoms with Crippen LogP contribution in [0, 0.1) is 5.41 Å². The molecule has 0 radical (unpaired) electrons. The molecule has 0 spiro atoms. The first-order valence-electron chi connectivity index (χ1n) is 3.67. The van der Waals surface area contributed by atoms with Crippen molar-refractivity contribution in [2.24, 2.45) is 0 Å². The molecule has 0 rings (SSSR count). The van der Waals surface area contributed by atoms with Crippen molar-refractivity contribution in [2.75, 3.05) is 0 Å². The Bertz CT molecular complexity index is 143. The van der Waals surface area contributed by atoms with Crippen LogP contribution >= 0.6 is 0 Å². The van der Waals surface area contributed by atoms with Crippen LogP contribution in [0.4, 0.5) is 0 Å². The van der Waals surface area contributed by atoms with Gasteiger partial charge in [0.15, 0.2) is 0 Å². The van der Waals surface area contributed by atoms with Gasteiger partial charge in [0.25, 0.3) is 0 Å². The minimum absolute atomic E-state index is 1.11. The number of hydrogen-bond donors (Lipinski definition) is 1. The van der Waals surface area contributed by atoms with Gasteiger partial charge in [-0.2, -0.15) is 0 Å². The van der Waals surface area contributed by atoms with Gasteiger partial charge < -0.3 is 5.41 Å². The Labute approximate surface area is 63.0 Å². The molecule has 1 N–H and O–H groups in total. The summed E-state index contributed by atoms with van der Waals surface area (Å²) in [5.41, 5.74) is 1.31. The standard InChI is InChI=1S/C9H15N/c1-3-6-9(4-2)7-5-8-10/h4-5,7-8,10H,3,6H2,1-2H3. The molecular weight excluding hydrogens is 122 g/mol. The van der Waals surface area contributed by atoms with Crippen LogP contribution in [-0.4, -0.2) is 6.21 Å². The summed E-state index contributed by atoms with van der Waals surface area (Å²) >= 11 is 0. The van der Waals surface area contributed by atoms with E-state index in [-0.39, 0.29) is 0 Å². The van der Waals surface area contributed by atoms with Crippen molar-refractivity contribution in [2.45, 2.75) is 26.7 Å². The van der Waals surface area contributed by atoms with Crippen LogP contribution in [0.3, 0.4) is 0 Å². The SMILES string of the molecule is CC=C(C=CC=N)CCC. The quantitative estimate of drug-likeness (QED) is 0.455. The second-order valence-corrected chi connectivity index (χ2v) is 2.14. The van der Waals surface area contributed by atoms with Gasteiger partial charge in [-0.25, -0.2) is 0 Å². The van der Waals surface area contributed by atoms with Crippen molar-refractivity contribution >= 4 is 6.21 Å².